The molecule has 0 atom stereocenters. The van der Waals surface area contributed by atoms with Crippen LogP contribution in [0.25, 0.3) is 0 Å². The molecule has 0 radical (unpaired) electrons. The fourth-order valence-corrected chi connectivity index (χ4v) is 3.42. The van der Waals surface area contributed by atoms with Gasteiger partial charge in [-0.25, -0.2) is 9.59 Å². The van der Waals surface area contributed by atoms with Crippen molar-refractivity contribution in [3.05, 3.63) is 88.1 Å². The smallest absolute Gasteiger partial charge is 0.339 e. The fraction of sp³-hybridized carbons (Fsp3) is 0.200. The molecule has 8 heteroatoms. The number of carbonyl (C=O) groups is 3. The molecule has 1 N–H and O–H groups in total. The van der Waals surface area contributed by atoms with Crippen molar-refractivity contribution in [1.82, 2.24) is 4.57 Å². The maximum absolute atomic E-state index is 12.6. The van der Waals surface area contributed by atoms with Crippen LogP contribution in [0.15, 0.2) is 54.6 Å². The van der Waals surface area contributed by atoms with E-state index in [0.717, 1.165) is 16.8 Å². The molecule has 33 heavy (non-hydrogen) atoms. The predicted molar refractivity (Wildman–Crippen MR) is 121 cm³/mol. The highest BCUT2D eigenvalue weighted by molar-refractivity contribution is 6.04. The average molecular weight is 445 g/mol. The summed E-state index contributed by atoms with van der Waals surface area (Å²) in [4.78, 5) is 36.9. The zero-order chi connectivity index (χ0) is 24.0. The van der Waals surface area contributed by atoms with Crippen molar-refractivity contribution in [1.29, 1.82) is 5.26 Å². The number of amides is 1. The van der Waals surface area contributed by atoms with E-state index in [0.29, 0.717) is 17.9 Å². The van der Waals surface area contributed by atoms with Crippen LogP contribution in [0.3, 0.4) is 0 Å². The van der Waals surface area contributed by atoms with Crippen molar-refractivity contribution in [2.24, 2.45) is 0 Å². The number of hydrogen-bond acceptors (Lipinski definition) is 6. The Morgan fingerprint density at radius 3 is 2.18 bits per heavy atom. The monoisotopic (exact) mass is 445 g/mol. The number of esters is 2. The molecule has 1 amide bonds. The predicted octanol–water partition coefficient (Wildman–Crippen LogP) is 3.61. The van der Waals surface area contributed by atoms with Crippen molar-refractivity contribution in [2.75, 3.05) is 19.0 Å². The van der Waals surface area contributed by atoms with Gasteiger partial charge < -0.3 is 19.4 Å². The topological polar surface area (TPSA) is 110 Å². The summed E-state index contributed by atoms with van der Waals surface area (Å²) >= 11 is 0. The molecule has 0 bridgehead atoms. The van der Waals surface area contributed by atoms with Crippen LogP contribution in [0.1, 0.15) is 43.1 Å². The second kappa shape index (κ2) is 10.3. The molecule has 0 spiro atoms. The van der Waals surface area contributed by atoms with Gasteiger partial charge in [0, 0.05) is 12.2 Å². The lowest BCUT2D eigenvalue weighted by atomic mass is 10.1. The maximum atomic E-state index is 12.6. The molecule has 2 aromatic carbocycles. The van der Waals surface area contributed by atoms with Crippen LogP contribution in [0.2, 0.25) is 0 Å². The summed E-state index contributed by atoms with van der Waals surface area (Å²) < 4.78 is 11.6. The molecule has 0 unspecified atom stereocenters. The summed E-state index contributed by atoms with van der Waals surface area (Å²) in [6, 6.07) is 17.8. The van der Waals surface area contributed by atoms with Crippen molar-refractivity contribution in [3.63, 3.8) is 0 Å². The van der Waals surface area contributed by atoms with Crippen molar-refractivity contribution < 1.29 is 23.9 Å². The lowest BCUT2D eigenvalue weighted by molar-refractivity contribution is -0.119. The summed E-state index contributed by atoms with van der Waals surface area (Å²) in [5.74, 6) is -1.79. The van der Waals surface area contributed by atoms with Gasteiger partial charge in [-0.2, -0.15) is 5.26 Å². The van der Waals surface area contributed by atoms with Crippen LogP contribution in [0.5, 0.6) is 0 Å². The zero-order valence-corrected chi connectivity index (χ0v) is 18.5. The van der Waals surface area contributed by atoms with Crippen LogP contribution in [-0.2, 0) is 20.8 Å². The molecule has 0 saturated carbocycles. The highest BCUT2D eigenvalue weighted by Crippen LogP contribution is 2.27. The van der Waals surface area contributed by atoms with E-state index >= 15 is 0 Å². The minimum absolute atomic E-state index is 0.00555. The summed E-state index contributed by atoms with van der Waals surface area (Å²) in [5.41, 5.74) is 2.98. The lowest BCUT2D eigenvalue weighted by Gasteiger charge is -2.14. The highest BCUT2D eigenvalue weighted by Gasteiger charge is 2.22. The van der Waals surface area contributed by atoms with Gasteiger partial charge in [0.05, 0.1) is 23.8 Å². The molecular weight excluding hydrogens is 422 g/mol. The number of anilines is 1. The number of benzene rings is 2. The number of hydrogen-bond donors (Lipinski definition) is 1. The zero-order valence-electron chi connectivity index (χ0n) is 18.5. The lowest BCUT2D eigenvalue weighted by Crippen LogP contribution is -2.24. The van der Waals surface area contributed by atoms with Crippen LogP contribution in [-0.4, -0.2) is 36.1 Å². The molecule has 3 rings (SSSR count). The Labute approximate surface area is 191 Å². The summed E-state index contributed by atoms with van der Waals surface area (Å²) in [5, 5.41) is 12.3. The molecule has 168 valence electrons. The third-order valence-electron chi connectivity index (χ3n) is 5.27. The summed E-state index contributed by atoms with van der Waals surface area (Å²) in [6.07, 6.45) is 0. The Kier molecular flexibility index (Phi) is 7.26. The van der Waals surface area contributed by atoms with E-state index < -0.39 is 24.5 Å². The number of rotatable bonds is 7. The van der Waals surface area contributed by atoms with E-state index in [1.165, 1.54) is 19.2 Å². The van der Waals surface area contributed by atoms with E-state index in [1.807, 2.05) is 48.7 Å². The minimum atomic E-state index is -0.835. The van der Waals surface area contributed by atoms with Gasteiger partial charge in [0.1, 0.15) is 11.9 Å². The third-order valence-corrected chi connectivity index (χ3v) is 5.27. The van der Waals surface area contributed by atoms with E-state index in [2.05, 4.69) is 16.1 Å². The first kappa shape index (κ1) is 23.3. The molecule has 0 fully saturated rings. The summed E-state index contributed by atoms with van der Waals surface area (Å²) in [7, 11) is 1.21. The Morgan fingerprint density at radius 2 is 1.58 bits per heavy atom. The molecule has 3 aromatic rings. The van der Waals surface area contributed by atoms with Gasteiger partial charge in [0.2, 0.25) is 0 Å². The van der Waals surface area contributed by atoms with Gasteiger partial charge in [-0.15, -0.1) is 0 Å². The highest BCUT2D eigenvalue weighted by atomic mass is 16.5. The Balaban J connectivity index is 1.77. The first-order valence-electron chi connectivity index (χ1n) is 10.1. The van der Waals surface area contributed by atoms with Gasteiger partial charge in [-0.1, -0.05) is 42.5 Å². The van der Waals surface area contributed by atoms with E-state index in [4.69, 9.17) is 4.74 Å². The Bertz CT molecular complexity index is 1240. The average Bonchev–Trinajstić information content (AvgIpc) is 3.06. The first-order valence-corrected chi connectivity index (χ1v) is 10.1. The van der Waals surface area contributed by atoms with E-state index in [9.17, 15) is 19.6 Å². The van der Waals surface area contributed by atoms with Crippen LogP contribution in [0.4, 0.5) is 5.82 Å². The molecule has 1 heterocycles. The largest absolute Gasteiger partial charge is 0.465 e. The number of methoxy groups -OCH3 is 1. The second-order valence-electron chi connectivity index (χ2n) is 7.28. The fourth-order valence-electron chi connectivity index (χ4n) is 3.42. The van der Waals surface area contributed by atoms with Gasteiger partial charge in [-0.05, 0) is 37.1 Å². The second-order valence-corrected chi connectivity index (χ2v) is 7.28. The van der Waals surface area contributed by atoms with Gasteiger partial charge in [-0.3, -0.25) is 4.79 Å². The van der Waals surface area contributed by atoms with Crippen LogP contribution < -0.4 is 5.32 Å². The van der Waals surface area contributed by atoms with E-state index in [1.54, 1.807) is 12.1 Å². The molecule has 1 aromatic heterocycles. The first-order chi connectivity index (χ1) is 15.9. The number of aromatic nitrogens is 1. The quantitative estimate of drug-likeness (QED) is 0.556. The van der Waals surface area contributed by atoms with Crippen LogP contribution in [0, 0.1) is 25.2 Å². The SMILES string of the molecule is COC(=O)c1ccccc1C(=O)OCC(=O)Nc1c(C#N)c(C)c(C)n1Cc1ccccc1. The van der Waals surface area contributed by atoms with Crippen molar-refractivity contribution in [3.8, 4) is 6.07 Å². The standard InChI is InChI=1S/C25H23N3O5/c1-16-17(2)28(14-18-9-5-4-6-10-18)23(21(16)13-26)27-22(29)15-33-25(31)20-12-8-7-11-19(20)24(30)32-3/h4-12H,14-15H2,1-3H3,(H,27,29). The maximum Gasteiger partial charge on any atom is 0.339 e. The third kappa shape index (κ3) is 5.10. The normalized spacial score (nSPS) is 10.2. The van der Waals surface area contributed by atoms with Gasteiger partial charge in [0.15, 0.2) is 6.61 Å². The number of nitriles is 1. The number of nitrogens with zero attached hydrogens (tertiary/aromatic N) is 2. The molecule has 0 aliphatic carbocycles. The Morgan fingerprint density at radius 1 is 0.970 bits per heavy atom. The molecule has 0 saturated heterocycles. The number of carbonyl (C=O) groups excluding carboxylic acids is 3. The van der Waals surface area contributed by atoms with Gasteiger partial charge in [0.25, 0.3) is 5.91 Å². The number of ether oxygens (including phenoxy) is 2. The van der Waals surface area contributed by atoms with Crippen molar-refractivity contribution in [2.45, 2.75) is 20.4 Å². The molecule has 0 aliphatic heterocycles. The molecule has 0 aliphatic rings. The minimum Gasteiger partial charge on any atom is -0.465 e. The van der Waals surface area contributed by atoms with Crippen molar-refractivity contribution >= 4 is 23.7 Å². The molecule has 8 nitrogen and oxygen atoms in total. The van der Waals surface area contributed by atoms with Crippen LogP contribution >= 0.6 is 0 Å². The number of nitrogens with one attached hydrogen (secondary N) is 1. The van der Waals surface area contributed by atoms with Gasteiger partial charge >= 0.3 is 11.9 Å². The molecular formula is C25H23N3O5. The van der Waals surface area contributed by atoms with E-state index in [-0.39, 0.29) is 11.1 Å². The summed E-state index contributed by atoms with van der Waals surface area (Å²) in [6.45, 7) is 3.55. The Hall–Kier alpha value is -4.38.